The monoisotopic (exact) mass is 614 g/mol. The molecule has 0 fully saturated rings. The van der Waals surface area contributed by atoms with E-state index >= 15 is 0 Å². The Hall–Kier alpha value is -3.96. The molecule has 8 nitrogen and oxygen atoms in total. The molecule has 40 heavy (non-hydrogen) atoms. The highest BCUT2D eigenvalue weighted by Gasteiger charge is 2.23. The fourth-order valence-corrected chi connectivity index (χ4v) is 6.50. The Morgan fingerprint density at radius 3 is 1.77 bits per heavy atom. The molecule has 0 aromatic heterocycles. The predicted octanol–water partition coefficient (Wildman–Crippen LogP) is 6.83. The first-order valence-electron chi connectivity index (χ1n) is 11.6. The minimum absolute atomic E-state index is 0.0144. The number of fused-ring (bicyclic) bond motifs is 1. The van der Waals surface area contributed by atoms with Gasteiger partial charge in [0.05, 0.1) is 21.2 Å². The summed E-state index contributed by atoms with van der Waals surface area (Å²) in [5, 5.41) is 24.1. The Kier molecular flexibility index (Phi) is 7.28. The molecule has 0 saturated heterocycles. The third-order valence-electron chi connectivity index (χ3n) is 6.03. The minimum Gasteiger partial charge on any atom is -0.507 e. The average Bonchev–Trinajstić information content (AvgIpc) is 2.91. The molecule has 0 atom stereocenters. The lowest BCUT2D eigenvalue weighted by Gasteiger charge is -2.18. The van der Waals surface area contributed by atoms with Gasteiger partial charge in [0.1, 0.15) is 11.5 Å². The number of benzene rings is 5. The number of anilines is 2. The summed E-state index contributed by atoms with van der Waals surface area (Å²) in [4.78, 5) is -0.235. The Morgan fingerprint density at radius 1 is 0.625 bits per heavy atom. The predicted molar refractivity (Wildman–Crippen MR) is 157 cm³/mol. The van der Waals surface area contributed by atoms with Crippen LogP contribution < -0.4 is 9.44 Å². The van der Waals surface area contributed by atoms with Crippen molar-refractivity contribution in [2.75, 3.05) is 9.44 Å². The molecule has 0 heterocycles. The van der Waals surface area contributed by atoms with E-state index in [9.17, 15) is 27.0 Å². The van der Waals surface area contributed by atoms with Crippen LogP contribution in [0.2, 0.25) is 10.0 Å². The van der Waals surface area contributed by atoms with E-state index in [0.717, 1.165) is 11.5 Å². The van der Waals surface area contributed by atoms with Crippen molar-refractivity contribution >= 4 is 65.4 Å². The number of hydrogen-bond acceptors (Lipinski definition) is 6. The van der Waals surface area contributed by atoms with Crippen molar-refractivity contribution < 1.29 is 27.0 Å². The number of nitrogens with one attached hydrogen (secondary N) is 2. The van der Waals surface area contributed by atoms with Crippen molar-refractivity contribution in [3.8, 4) is 22.6 Å². The van der Waals surface area contributed by atoms with Gasteiger partial charge in [0.15, 0.2) is 0 Å². The zero-order valence-corrected chi connectivity index (χ0v) is 23.5. The summed E-state index contributed by atoms with van der Waals surface area (Å²) < 4.78 is 57.4. The van der Waals surface area contributed by atoms with Crippen molar-refractivity contribution in [2.24, 2.45) is 0 Å². The lowest BCUT2D eigenvalue weighted by atomic mass is 9.95. The van der Waals surface area contributed by atoms with Gasteiger partial charge in [-0.15, -0.1) is 0 Å². The molecule has 204 valence electrons. The van der Waals surface area contributed by atoms with Gasteiger partial charge in [0.2, 0.25) is 0 Å². The van der Waals surface area contributed by atoms with E-state index < -0.39 is 25.8 Å². The molecule has 0 amide bonds. The zero-order chi connectivity index (χ0) is 28.7. The summed E-state index contributed by atoms with van der Waals surface area (Å²) in [6, 6.07) is 23.4. The summed E-state index contributed by atoms with van der Waals surface area (Å²) in [5.74, 6) is -0.739. The fraction of sp³-hybridized carbons (Fsp3) is 0. The molecular formula is C28H20Cl2N2O6S2. The highest BCUT2D eigenvalue weighted by atomic mass is 35.5. The standard InChI is InChI=1S/C28H20Cl2N2O6S2/c29-18-6-10-21(11-7-18)39(35,36)31-20-15-24(27-23-4-2-1-3-17(23)5-14-26(27)33)28(34)25(16-20)32-40(37,38)22-12-8-19(30)9-13-22/h1-16,31-34H. The quantitative estimate of drug-likeness (QED) is 0.117. The molecule has 0 bridgehead atoms. The molecule has 0 aliphatic carbocycles. The van der Waals surface area contributed by atoms with E-state index in [4.69, 9.17) is 23.2 Å². The van der Waals surface area contributed by atoms with Gasteiger partial charge in [-0.05, 0) is 77.5 Å². The third-order valence-corrected chi connectivity index (χ3v) is 9.31. The molecule has 4 N–H and O–H groups in total. The van der Waals surface area contributed by atoms with Gasteiger partial charge < -0.3 is 10.2 Å². The summed E-state index contributed by atoms with van der Waals surface area (Å²) in [5.41, 5.74) is -0.244. The van der Waals surface area contributed by atoms with Crippen molar-refractivity contribution in [1.82, 2.24) is 0 Å². The number of aromatic hydroxyl groups is 2. The number of halogens is 2. The number of rotatable bonds is 7. The van der Waals surface area contributed by atoms with Crippen molar-refractivity contribution in [1.29, 1.82) is 0 Å². The summed E-state index contributed by atoms with van der Waals surface area (Å²) >= 11 is 11.8. The second kappa shape index (κ2) is 10.5. The molecule has 0 spiro atoms. The van der Waals surface area contributed by atoms with Crippen LogP contribution in [0.15, 0.2) is 107 Å². The van der Waals surface area contributed by atoms with Crippen LogP contribution in [0.4, 0.5) is 11.4 Å². The summed E-state index contributed by atoms with van der Waals surface area (Å²) in [6.07, 6.45) is 0. The molecule has 5 rings (SSSR count). The van der Waals surface area contributed by atoms with Gasteiger partial charge in [-0.25, -0.2) is 16.8 Å². The fourth-order valence-electron chi connectivity index (χ4n) is 4.15. The summed E-state index contributed by atoms with van der Waals surface area (Å²) in [6.45, 7) is 0. The molecule has 5 aromatic carbocycles. The molecule has 0 saturated carbocycles. The first-order valence-corrected chi connectivity index (χ1v) is 15.3. The van der Waals surface area contributed by atoms with Crippen molar-refractivity contribution in [3.05, 3.63) is 107 Å². The Bertz CT molecular complexity index is 1960. The van der Waals surface area contributed by atoms with Gasteiger partial charge in [-0.2, -0.15) is 0 Å². The number of hydrogen-bond donors (Lipinski definition) is 4. The highest BCUT2D eigenvalue weighted by Crippen LogP contribution is 2.46. The second-order valence-electron chi connectivity index (χ2n) is 8.72. The highest BCUT2D eigenvalue weighted by molar-refractivity contribution is 7.93. The van der Waals surface area contributed by atoms with Crippen LogP contribution in [-0.4, -0.2) is 27.0 Å². The molecule has 5 aromatic rings. The van der Waals surface area contributed by atoms with Crippen LogP contribution in [0, 0.1) is 0 Å². The first-order chi connectivity index (χ1) is 18.9. The van der Waals surface area contributed by atoms with E-state index in [2.05, 4.69) is 9.44 Å². The molecule has 0 radical (unpaired) electrons. The minimum atomic E-state index is -4.24. The molecule has 12 heteroatoms. The average molecular weight is 616 g/mol. The summed E-state index contributed by atoms with van der Waals surface area (Å²) in [7, 11) is -8.40. The zero-order valence-electron chi connectivity index (χ0n) is 20.3. The van der Waals surface area contributed by atoms with Crippen LogP contribution in [0.1, 0.15) is 0 Å². The van der Waals surface area contributed by atoms with Crippen LogP contribution in [0.5, 0.6) is 11.5 Å². The van der Waals surface area contributed by atoms with E-state index in [1.54, 1.807) is 30.3 Å². The SMILES string of the molecule is O=S(=O)(Nc1cc(NS(=O)(=O)c2ccc(Cl)cc2)c(O)c(-c2c(O)ccc3ccccc23)c1)c1ccc(Cl)cc1. The van der Waals surface area contributed by atoms with Crippen LogP contribution in [-0.2, 0) is 20.0 Å². The van der Waals surface area contributed by atoms with Crippen molar-refractivity contribution in [3.63, 3.8) is 0 Å². The van der Waals surface area contributed by atoms with E-state index in [1.807, 2.05) is 0 Å². The first kappa shape index (κ1) is 27.6. The normalized spacial score (nSPS) is 11.8. The topological polar surface area (TPSA) is 133 Å². The second-order valence-corrected chi connectivity index (χ2v) is 13.0. The van der Waals surface area contributed by atoms with Crippen LogP contribution >= 0.6 is 23.2 Å². The molecule has 0 aliphatic rings. The van der Waals surface area contributed by atoms with Crippen LogP contribution in [0.25, 0.3) is 21.9 Å². The Labute approximate surface area is 240 Å². The maximum atomic E-state index is 13.2. The molecule has 0 aliphatic heterocycles. The Balaban J connectivity index is 1.69. The third kappa shape index (κ3) is 5.52. The smallest absolute Gasteiger partial charge is 0.262 e. The number of phenols is 2. The lowest BCUT2D eigenvalue weighted by Crippen LogP contribution is -2.15. The van der Waals surface area contributed by atoms with E-state index in [1.165, 1.54) is 60.7 Å². The van der Waals surface area contributed by atoms with Gasteiger partial charge in [0.25, 0.3) is 20.0 Å². The van der Waals surface area contributed by atoms with Gasteiger partial charge in [-0.3, -0.25) is 9.44 Å². The number of sulfonamides is 2. The lowest BCUT2D eigenvalue weighted by molar-refractivity contribution is 0.471. The van der Waals surface area contributed by atoms with Gasteiger partial charge in [-0.1, -0.05) is 53.5 Å². The maximum absolute atomic E-state index is 13.2. The largest absolute Gasteiger partial charge is 0.507 e. The maximum Gasteiger partial charge on any atom is 0.262 e. The van der Waals surface area contributed by atoms with E-state index in [0.29, 0.717) is 15.4 Å². The molecule has 0 unspecified atom stereocenters. The van der Waals surface area contributed by atoms with Gasteiger partial charge in [0, 0.05) is 21.2 Å². The number of phenolic OH excluding ortho intramolecular Hbond substituents is 2. The molecular weight excluding hydrogens is 595 g/mol. The van der Waals surface area contributed by atoms with E-state index in [-0.39, 0.29) is 38.0 Å². The van der Waals surface area contributed by atoms with Gasteiger partial charge >= 0.3 is 0 Å². The Morgan fingerprint density at radius 2 is 1.18 bits per heavy atom. The van der Waals surface area contributed by atoms with Crippen LogP contribution in [0.3, 0.4) is 0 Å². The van der Waals surface area contributed by atoms with Crippen molar-refractivity contribution in [2.45, 2.75) is 9.79 Å².